The Kier molecular flexibility index (Phi) is 17.2. The van der Waals surface area contributed by atoms with Gasteiger partial charge in [-0.3, -0.25) is 9.59 Å². The van der Waals surface area contributed by atoms with Crippen LogP contribution < -0.4 is 25.7 Å². The molecule has 0 aliphatic carbocycles. The molecular formula is C29H51N3O8. The number of ether oxygens (including phenoxy) is 6. The van der Waals surface area contributed by atoms with Crippen molar-refractivity contribution in [2.45, 2.75) is 78.0 Å². The van der Waals surface area contributed by atoms with Crippen molar-refractivity contribution in [1.82, 2.24) is 4.90 Å². The van der Waals surface area contributed by atoms with E-state index >= 15 is 0 Å². The molecule has 0 spiro atoms. The van der Waals surface area contributed by atoms with Crippen molar-refractivity contribution in [3.63, 3.8) is 0 Å². The van der Waals surface area contributed by atoms with E-state index in [0.29, 0.717) is 88.2 Å². The summed E-state index contributed by atoms with van der Waals surface area (Å²) in [7, 11) is 3.13. The maximum absolute atomic E-state index is 13.3. The van der Waals surface area contributed by atoms with Gasteiger partial charge in [0.15, 0.2) is 0 Å². The van der Waals surface area contributed by atoms with Crippen LogP contribution in [0.15, 0.2) is 12.1 Å². The third kappa shape index (κ3) is 14.2. The number of hydrogen-bond acceptors (Lipinski definition) is 10. The highest BCUT2D eigenvalue weighted by Crippen LogP contribution is 2.35. The highest BCUT2D eigenvalue weighted by Gasteiger charge is 2.24. The molecule has 11 heteroatoms. The van der Waals surface area contributed by atoms with Crippen molar-refractivity contribution < 1.29 is 38.0 Å². The van der Waals surface area contributed by atoms with E-state index in [1.54, 1.807) is 31.3 Å². The Hall–Kier alpha value is -2.60. The number of carbonyl (C=O) groups is 2. The van der Waals surface area contributed by atoms with Gasteiger partial charge in [0.1, 0.15) is 22.8 Å². The zero-order valence-electron chi connectivity index (χ0n) is 25.3. The van der Waals surface area contributed by atoms with E-state index in [4.69, 9.17) is 39.9 Å². The third-order valence-corrected chi connectivity index (χ3v) is 5.81. The Labute approximate surface area is 239 Å². The number of amides is 1. The molecule has 40 heavy (non-hydrogen) atoms. The molecule has 11 nitrogen and oxygen atoms in total. The van der Waals surface area contributed by atoms with E-state index in [2.05, 4.69) is 0 Å². The minimum Gasteiger partial charge on any atom is -0.496 e. The molecule has 4 N–H and O–H groups in total. The van der Waals surface area contributed by atoms with Gasteiger partial charge in [0, 0.05) is 31.7 Å². The summed E-state index contributed by atoms with van der Waals surface area (Å²) < 4.78 is 33.4. The van der Waals surface area contributed by atoms with Crippen LogP contribution in [0.4, 0.5) is 0 Å². The Morgan fingerprint density at radius 1 is 0.950 bits per heavy atom. The van der Waals surface area contributed by atoms with Crippen molar-refractivity contribution in [3.05, 3.63) is 17.7 Å². The molecule has 1 atom stereocenters. The molecule has 1 aromatic carbocycles. The van der Waals surface area contributed by atoms with Gasteiger partial charge >= 0.3 is 5.97 Å². The normalized spacial score (nSPS) is 12.1. The average Bonchev–Trinajstić information content (AvgIpc) is 2.90. The predicted octanol–water partition coefficient (Wildman–Crippen LogP) is 3.04. The van der Waals surface area contributed by atoms with Gasteiger partial charge < -0.3 is 44.8 Å². The summed E-state index contributed by atoms with van der Waals surface area (Å²) in [6.07, 6.45) is 3.00. The first-order chi connectivity index (χ1) is 19.1. The predicted molar refractivity (Wildman–Crippen MR) is 154 cm³/mol. The molecular weight excluding hydrogens is 518 g/mol. The zero-order valence-corrected chi connectivity index (χ0v) is 25.3. The summed E-state index contributed by atoms with van der Waals surface area (Å²) in [5, 5.41) is 0. The number of unbranched alkanes of at least 4 members (excludes halogenated alkanes) is 1. The zero-order chi connectivity index (χ0) is 30.0. The fourth-order valence-corrected chi connectivity index (χ4v) is 3.90. The van der Waals surface area contributed by atoms with Crippen LogP contribution in [0.5, 0.6) is 17.2 Å². The van der Waals surface area contributed by atoms with Crippen molar-refractivity contribution in [2.75, 3.05) is 60.3 Å². The van der Waals surface area contributed by atoms with Crippen molar-refractivity contribution in [3.8, 4) is 17.2 Å². The molecule has 1 unspecified atom stereocenters. The lowest BCUT2D eigenvalue weighted by atomic mass is 10.1. The molecule has 0 aliphatic heterocycles. The minimum atomic E-state index is -0.653. The van der Waals surface area contributed by atoms with E-state index < -0.39 is 11.6 Å². The minimum absolute atomic E-state index is 0.183. The van der Waals surface area contributed by atoms with Gasteiger partial charge in [0.2, 0.25) is 5.91 Å². The molecule has 1 amide bonds. The number of nitrogens with two attached hydrogens (primary N) is 2. The highest BCUT2D eigenvalue weighted by molar-refractivity contribution is 5.81. The molecule has 0 aromatic heterocycles. The molecule has 0 bridgehead atoms. The van der Waals surface area contributed by atoms with Crippen LogP contribution >= 0.6 is 0 Å². The van der Waals surface area contributed by atoms with Gasteiger partial charge in [-0.15, -0.1) is 0 Å². The number of rotatable bonds is 21. The quantitative estimate of drug-likeness (QED) is 0.167. The SMILES string of the molecule is CCOc1cc(OC)c(CN(CCOCCOCCCC(=O)OC(C)(C)C)C(=O)C(N)CCCCN)c(OC)c1. The molecule has 0 heterocycles. The lowest BCUT2D eigenvalue weighted by Gasteiger charge is -2.27. The largest absolute Gasteiger partial charge is 0.496 e. The monoisotopic (exact) mass is 569 g/mol. The summed E-state index contributed by atoms with van der Waals surface area (Å²) in [5.41, 5.74) is 12.1. The fourth-order valence-electron chi connectivity index (χ4n) is 3.90. The van der Waals surface area contributed by atoms with Crippen LogP contribution in [-0.2, 0) is 30.3 Å². The highest BCUT2D eigenvalue weighted by atomic mass is 16.6. The molecule has 1 aromatic rings. The smallest absolute Gasteiger partial charge is 0.306 e. The second kappa shape index (κ2) is 19.5. The summed E-state index contributed by atoms with van der Waals surface area (Å²) >= 11 is 0. The number of benzene rings is 1. The standard InChI is InChI=1S/C29H51N3O8/c1-7-39-22-19-25(35-5)23(26(20-22)36-6)21-32(28(34)24(31)11-8-9-13-30)14-16-38-18-17-37-15-10-12-27(33)40-29(2,3)4/h19-20,24H,7-18,21,30-31H2,1-6H3. The summed E-state index contributed by atoms with van der Waals surface area (Å²) in [4.78, 5) is 26.8. The lowest BCUT2D eigenvalue weighted by Crippen LogP contribution is -2.45. The average molecular weight is 570 g/mol. The molecule has 0 aliphatic rings. The van der Waals surface area contributed by atoms with Crippen molar-refractivity contribution >= 4 is 11.9 Å². The summed E-state index contributed by atoms with van der Waals surface area (Å²) in [6, 6.07) is 2.91. The van der Waals surface area contributed by atoms with Gasteiger partial charge in [0.05, 0.1) is 58.8 Å². The number of nitrogens with zero attached hydrogens (tertiary/aromatic N) is 1. The first kappa shape index (κ1) is 35.4. The molecule has 230 valence electrons. The van der Waals surface area contributed by atoms with Gasteiger partial charge in [0.25, 0.3) is 0 Å². The first-order valence-electron chi connectivity index (χ1n) is 14.1. The van der Waals surface area contributed by atoms with Gasteiger partial charge in [-0.05, 0) is 53.5 Å². The van der Waals surface area contributed by atoms with E-state index in [0.717, 1.165) is 12.8 Å². The summed E-state index contributed by atoms with van der Waals surface area (Å²) in [6.45, 7) is 10.5. The van der Waals surface area contributed by atoms with Crippen LogP contribution in [0.2, 0.25) is 0 Å². The van der Waals surface area contributed by atoms with Crippen molar-refractivity contribution in [2.24, 2.45) is 11.5 Å². The Bertz CT molecular complexity index is 850. The van der Waals surface area contributed by atoms with Crippen LogP contribution in [0.1, 0.15) is 65.4 Å². The number of carbonyl (C=O) groups excluding carboxylic acids is 2. The molecule has 0 saturated carbocycles. The Morgan fingerprint density at radius 3 is 2.12 bits per heavy atom. The number of hydrogen-bond donors (Lipinski definition) is 2. The topological polar surface area (TPSA) is 145 Å². The molecule has 1 rings (SSSR count). The molecule has 0 radical (unpaired) electrons. The number of esters is 1. The van der Waals surface area contributed by atoms with Crippen molar-refractivity contribution in [1.29, 1.82) is 0 Å². The second-order valence-corrected chi connectivity index (χ2v) is 10.3. The molecule has 0 saturated heterocycles. The van der Waals surface area contributed by atoms with Crippen LogP contribution in [0.25, 0.3) is 0 Å². The van der Waals surface area contributed by atoms with Gasteiger partial charge in [-0.1, -0.05) is 6.42 Å². The second-order valence-electron chi connectivity index (χ2n) is 10.3. The number of methoxy groups -OCH3 is 2. The Balaban J connectivity index is 2.71. The Morgan fingerprint density at radius 2 is 1.57 bits per heavy atom. The van der Waals surface area contributed by atoms with E-state index in [1.807, 2.05) is 27.7 Å². The van der Waals surface area contributed by atoms with E-state index in [1.165, 1.54) is 0 Å². The van der Waals surface area contributed by atoms with E-state index in [9.17, 15) is 9.59 Å². The van der Waals surface area contributed by atoms with Crippen LogP contribution in [0, 0.1) is 0 Å². The van der Waals surface area contributed by atoms with Crippen LogP contribution in [-0.4, -0.2) is 88.8 Å². The van der Waals surface area contributed by atoms with Gasteiger partial charge in [-0.25, -0.2) is 0 Å². The maximum Gasteiger partial charge on any atom is 0.306 e. The lowest BCUT2D eigenvalue weighted by molar-refractivity contribution is -0.155. The van der Waals surface area contributed by atoms with Crippen LogP contribution in [0.3, 0.4) is 0 Å². The summed E-state index contributed by atoms with van der Waals surface area (Å²) in [5.74, 6) is 1.30. The maximum atomic E-state index is 13.3. The first-order valence-corrected chi connectivity index (χ1v) is 14.1. The third-order valence-electron chi connectivity index (χ3n) is 5.81. The fraction of sp³-hybridized carbons (Fsp3) is 0.724. The van der Waals surface area contributed by atoms with E-state index in [-0.39, 0.29) is 18.4 Å². The van der Waals surface area contributed by atoms with Gasteiger partial charge in [-0.2, -0.15) is 0 Å². The molecule has 0 fully saturated rings.